The van der Waals surface area contributed by atoms with E-state index in [1.165, 1.54) is 38.1 Å². The van der Waals surface area contributed by atoms with Gasteiger partial charge in [0.25, 0.3) is 0 Å². The number of rotatable bonds is 3. The zero-order valence-corrected chi connectivity index (χ0v) is 14.6. The summed E-state index contributed by atoms with van der Waals surface area (Å²) in [5.74, 6) is -0.637. The Hall–Kier alpha value is -1.79. The molecule has 0 atom stereocenters. The third kappa shape index (κ3) is 3.33. The number of halogens is 2. The van der Waals surface area contributed by atoms with Crippen LogP contribution >= 0.6 is 0 Å². The number of piperidine rings is 1. The van der Waals surface area contributed by atoms with E-state index in [1.54, 1.807) is 0 Å². The Morgan fingerprint density at radius 2 is 2.00 bits per heavy atom. The number of aromatic nitrogens is 2. The van der Waals surface area contributed by atoms with E-state index < -0.39 is 11.6 Å². The van der Waals surface area contributed by atoms with E-state index in [4.69, 9.17) is 0 Å². The summed E-state index contributed by atoms with van der Waals surface area (Å²) in [6.07, 6.45) is 3.29. The first-order chi connectivity index (χ1) is 12.1. The van der Waals surface area contributed by atoms with E-state index in [1.807, 2.05) is 0 Å². The molecule has 4 nitrogen and oxygen atoms in total. The molecule has 2 aromatic rings. The Kier molecular flexibility index (Phi) is 4.56. The maximum Gasteiger partial charge on any atom is 0.140 e. The number of nitrogens with zero attached hydrogens (tertiary/aromatic N) is 3. The molecule has 0 aliphatic carbocycles. The van der Waals surface area contributed by atoms with Gasteiger partial charge in [-0.15, -0.1) is 0 Å². The van der Waals surface area contributed by atoms with E-state index in [-0.39, 0.29) is 0 Å². The van der Waals surface area contributed by atoms with Crippen LogP contribution in [0.5, 0.6) is 0 Å². The lowest BCUT2D eigenvalue weighted by molar-refractivity contribution is 0.0994. The normalized spacial score (nSPS) is 20.0. The highest BCUT2D eigenvalue weighted by atomic mass is 19.1. The fraction of sp³-hybridized carbons (Fsp3) is 0.526. The number of hydrogen-bond acceptors (Lipinski definition) is 3. The van der Waals surface area contributed by atoms with Gasteiger partial charge in [0.2, 0.25) is 0 Å². The van der Waals surface area contributed by atoms with Crippen LogP contribution in [0.2, 0.25) is 0 Å². The van der Waals surface area contributed by atoms with Crippen molar-refractivity contribution in [3.63, 3.8) is 0 Å². The lowest BCUT2D eigenvalue weighted by atomic mass is 10.0. The van der Waals surface area contributed by atoms with Crippen LogP contribution in [0.4, 0.5) is 8.78 Å². The number of fused-ring (bicyclic) bond motifs is 1. The van der Waals surface area contributed by atoms with Gasteiger partial charge in [-0.1, -0.05) is 6.92 Å². The van der Waals surface area contributed by atoms with Crippen molar-refractivity contribution in [2.24, 2.45) is 0 Å². The molecule has 0 radical (unpaired) electrons. The van der Waals surface area contributed by atoms with E-state index in [0.29, 0.717) is 17.4 Å². The number of likely N-dealkylation sites (tertiary alicyclic amines) is 1. The minimum atomic E-state index is -0.574. The Labute approximate surface area is 146 Å². The monoisotopic (exact) mass is 346 g/mol. The molecule has 0 spiro atoms. The van der Waals surface area contributed by atoms with Gasteiger partial charge in [0, 0.05) is 31.6 Å². The van der Waals surface area contributed by atoms with Crippen LogP contribution in [0, 0.1) is 11.6 Å². The molecule has 0 unspecified atom stereocenters. The average Bonchev–Trinajstić information content (AvgIpc) is 3.04. The number of hydrogen-bond donors (Lipinski definition) is 1. The van der Waals surface area contributed by atoms with Crippen LogP contribution < -0.4 is 0 Å². The Balaban J connectivity index is 1.50. The van der Waals surface area contributed by atoms with E-state index >= 15 is 0 Å². The minimum absolute atomic E-state index is 0.332. The van der Waals surface area contributed by atoms with Gasteiger partial charge in [0.1, 0.15) is 17.5 Å². The van der Waals surface area contributed by atoms with E-state index in [0.717, 1.165) is 43.5 Å². The largest absolute Gasteiger partial charge is 0.340 e. The molecule has 0 bridgehead atoms. The molecule has 1 saturated heterocycles. The molecular formula is C19H24F2N4. The fourth-order valence-electron chi connectivity index (χ4n) is 4.04. The third-order valence-corrected chi connectivity index (χ3v) is 5.57. The molecule has 1 aromatic carbocycles. The SMILES string of the molecule is CCN1CCC(N2CCc3nc(-c4ccc(F)cc4F)[nH]c3C2)CC1. The van der Waals surface area contributed by atoms with Crippen molar-refractivity contribution in [2.75, 3.05) is 26.2 Å². The second-order valence-corrected chi connectivity index (χ2v) is 7.02. The summed E-state index contributed by atoms with van der Waals surface area (Å²) in [6, 6.07) is 4.25. The molecule has 2 aliphatic rings. The molecule has 134 valence electrons. The summed E-state index contributed by atoms with van der Waals surface area (Å²) < 4.78 is 27.1. The molecule has 1 fully saturated rings. The van der Waals surface area contributed by atoms with Gasteiger partial charge in [0.15, 0.2) is 0 Å². The maximum absolute atomic E-state index is 14.0. The van der Waals surface area contributed by atoms with Crippen LogP contribution in [0.3, 0.4) is 0 Å². The second kappa shape index (κ2) is 6.84. The van der Waals surface area contributed by atoms with Crippen molar-refractivity contribution in [1.29, 1.82) is 0 Å². The van der Waals surface area contributed by atoms with Crippen molar-refractivity contribution < 1.29 is 8.78 Å². The predicted octanol–water partition coefficient (Wildman–Crippen LogP) is 3.20. The number of aromatic amines is 1. The Morgan fingerprint density at radius 1 is 1.20 bits per heavy atom. The van der Waals surface area contributed by atoms with Crippen LogP contribution in [0.25, 0.3) is 11.4 Å². The van der Waals surface area contributed by atoms with Crippen molar-refractivity contribution >= 4 is 0 Å². The molecule has 1 aromatic heterocycles. The first-order valence-electron chi connectivity index (χ1n) is 9.13. The Bertz CT molecular complexity index is 750. The van der Waals surface area contributed by atoms with Crippen molar-refractivity contribution in [3.05, 3.63) is 41.2 Å². The highest BCUT2D eigenvalue weighted by Gasteiger charge is 2.28. The standard InChI is InChI=1S/C19H24F2N4/c1-2-24-8-5-14(6-9-24)25-10-7-17-18(12-25)23-19(22-17)15-4-3-13(20)11-16(15)21/h3-4,11,14H,2,5-10,12H2,1H3,(H,22,23). The molecule has 1 N–H and O–H groups in total. The maximum atomic E-state index is 14.0. The molecule has 3 heterocycles. The lowest BCUT2D eigenvalue weighted by Gasteiger charge is -2.39. The molecule has 2 aliphatic heterocycles. The molecular weight excluding hydrogens is 322 g/mol. The molecule has 4 rings (SSSR count). The van der Waals surface area contributed by atoms with Gasteiger partial charge in [-0.3, -0.25) is 4.90 Å². The van der Waals surface area contributed by atoms with Gasteiger partial charge < -0.3 is 9.88 Å². The zero-order chi connectivity index (χ0) is 17.4. The van der Waals surface area contributed by atoms with Crippen LogP contribution in [-0.4, -0.2) is 52.0 Å². The fourth-order valence-corrected chi connectivity index (χ4v) is 4.04. The molecule has 25 heavy (non-hydrogen) atoms. The van der Waals surface area contributed by atoms with Crippen molar-refractivity contribution in [1.82, 2.24) is 19.8 Å². The molecule has 6 heteroatoms. The van der Waals surface area contributed by atoms with E-state index in [9.17, 15) is 8.78 Å². The summed E-state index contributed by atoms with van der Waals surface area (Å²) in [6.45, 7) is 7.51. The third-order valence-electron chi connectivity index (χ3n) is 5.57. The predicted molar refractivity (Wildman–Crippen MR) is 93.2 cm³/mol. The van der Waals surface area contributed by atoms with Crippen molar-refractivity contribution in [2.45, 2.75) is 38.8 Å². The number of benzene rings is 1. The van der Waals surface area contributed by atoms with Gasteiger partial charge in [-0.25, -0.2) is 13.8 Å². The Morgan fingerprint density at radius 3 is 2.72 bits per heavy atom. The van der Waals surface area contributed by atoms with Crippen molar-refractivity contribution in [3.8, 4) is 11.4 Å². The summed E-state index contributed by atoms with van der Waals surface area (Å²) in [4.78, 5) is 12.9. The first kappa shape index (κ1) is 16.7. The van der Waals surface area contributed by atoms with Gasteiger partial charge in [-0.2, -0.15) is 0 Å². The molecule has 0 saturated carbocycles. The average molecular weight is 346 g/mol. The first-order valence-corrected chi connectivity index (χ1v) is 9.13. The van der Waals surface area contributed by atoms with Crippen LogP contribution in [0.1, 0.15) is 31.2 Å². The quantitative estimate of drug-likeness (QED) is 0.927. The van der Waals surface area contributed by atoms with Gasteiger partial charge in [0.05, 0.1) is 17.0 Å². The summed E-state index contributed by atoms with van der Waals surface area (Å²) in [5.41, 5.74) is 2.42. The number of H-pyrrole nitrogens is 1. The number of nitrogens with one attached hydrogen (secondary N) is 1. The number of imidazole rings is 1. The van der Waals surface area contributed by atoms with Gasteiger partial charge >= 0.3 is 0 Å². The van der Waals surface area contributed by atoms with Gasteiger partial charge in [-0.05, 0) is 44.6 Å². The topological polar surface area (TPSA) is 35.2 Å². The summed E-state index contributed by atoms with van der Waals surface area (Å²) in [7, 11) is 0. The highest BCUT2D eigenvalue weighted by molar-refractivity contribution is 5.57. The van der Waals surface area contributed by atoms with Crippen LogP contribution in [-0.2, 0) is 13.0 Å². The van der Waals surface area contributed by atoms with Crippen LogP contribution in [0.15, 0.2) is 18.2 Å². The lowest BCUT2D eigenvalue weighted by Crippen LogP contribution is -2.46. The highest BCUT2D eigenvalue weighted by Crippen LogP contribution is 2.27. The molecule has 0 amide bonds. The summed E-state index contributed by atoms with van der Waals surface area (Å²) in [5, 5.41) is 0. The summed E-state index contributed by atoms with van der Waals surface area (Å²) >= 11 is 0. The minimum Gasteiger partial charge on any atom is -0.340 e. The smallest absolute Gasteiger partial charge is 0.140 e. The zero-order valence-electron chi connectivity index (χ0n) is 14.6. The van der Waals surface area contributed by atoms with E-state index in [2.05, 4.69) is 26.7 Å². The second-order valence-electron chi connectivity index (χ2n) is 7.02.